The Hall–Kier alpha value is -8.62. The van der Waals surface area contributed by atoms with Crippen molar-refractivity contribution in [2.45, 2.75) is 346 Å². The fourth-order valence-electron chi connectivity index (χ4n) is 20.0. The topological polar surface area (TPSA) is 298 Å². The number of nitrogens with one attached hydrogen (secondary N) is 4. The van der Waals surface area contributed by atoms with Crippen LogP contribution in [-0.2, 0) is 94.0 Å². The van der Waals surface area contributed by atoms with Crippen LogP contribution >= 0.6 is 0 Å². The van der Waals surface area contributed by atoms with Crippen LogP contribution in [-0.4, -0.2) is 200 Å². The van der Waals surface area contributed by atoms with Crippen molar-refractivity contribution in [3.63, 3.8) is 0 Å². The second kappa shape index (κ2) is 43.7. The van der Waals surface area contributed by atoms with E-state index in [9.17, 15) is 44.4 Å². The van der Waals surface area contributed by atoms with E-state index in [1.165, 1.54) is 44.0 Å². The number of carbonyl (C=O) groups excluding carboxylic acids is 4. The molecule has 8 aliphatic rings. The molecule has 7 aliphatic heterocycles. The molecule has 4 amide bonds. The Morgan fingerprint density at radius 2 is 0.601 bits per heavy atom. The first-order valence-electron chi connectivity index (χ1n) is 52.4. The van der Waals surface area contributed by atoms with Gasteiger partial charge in [0.15, 0.2) is 0 Å². The van der Waals surface area contributed by atoms with Crippen molar-refractivity contribution in [1.29, 1.82) is 0 Å². The second-order valence-electron chi connectivity index (χ2n) is 49.6. The summed E-state index contributed by atoms with van der Waals surface area (Å²) < 4.78 is 118. The van der Waals surface area contributed by atoms with Gasteiger partial charge in [0.25, 0.3) is 23.6 Å². The van der Waals surface area contributed by atoms with Crippen molar-refractivity contribution in [3.8, 4) is 45.0 Å². The third-order valence-electron chi connectivity index (χ3n) is 29.7. The summed E-state index contributed by atoms with van der Waals surface area (Å²) >= 11 is 0. The number of ether oxygens (including phenoxy) is 4. The Bertz CT molecular complexity index is 6180. The van der Waals surface area contributed by atoms with Crippen molar-refractivity contribution in [2.75, 3.05) is 92.1 Å². The number of benzene rings is 3. The number of aromatic nitrogens is 5. The third kappa shape index (κ3) is 26.2. The first-order chi connectivity index (χ1) is 66.5. The molecular weight excluding hydrogens is 1860 g/mol. The molecule has 1 saturated carbocycles. The molecule has 29 heteroatoms. The van der Waals surface area contributed by atoms with Crippen molar-refractivity contribution >= 4 is 54.3 Å². The minimum atomic E-state index is -3.92. The average molecular weight is 2030 g/mol. The molecule has 2 atom stereocenters. The van der Waals surface area contributed by atoms with Gasteiger partial charge < -0.3 is 44.8 Å². The lowest BCUT2D eigenvalue weighted by atomic mass is 9.79. The van der Waals surface area contributed by atoms with Gasteiger partial charge in [-0.2, -0.15) is 38.2 Å². The van der Waals surface area contributed by atoms with Gasteiger partial charge >= 0.3 is 30.6 Å². The Morgan fingerprint density at radius 3 is 0.895 bits per heavy atom. The number of aryl methyl sites for hydroxylation is 1. The van der Waals surface area contributed by atoms with E-state index in [0.29, 0.717) is 155 Å². The zero-order valence-electron chi connectivity index (χ0n) is 91.4. The van der Waals surface area contributed by atoms with E-state index in [1.54, 1.807) is 51.9 Å². The summed E-state index contributed by atoms with van der Waals surface area (Å²) in [6.45, 7) is 69.2. The summed E-state index contributed by atoms with van der Waals surface area (Å²) in [7, 11) is -11.7. The standard InChI is InChI=1S/C30H45N3O4S.2C29H43N3O4S.C26H37N3O2/c1-19-10-20(2)16-32(15-19)38(35,36)33-21(3)26(28(34)31-25-17-37-18-25)14-27(33)22-11-23(29(4,5)6)13-24(12-22)30(7,8)9;1-19-9-11-31(12-10-19)37(34,35)32-20(2)25(27(33)30-24-17-36-18-24)16-26(32)21-13-22(28(3,4)5)15-23(14-21)29(6,7)8;1-20-25(27(33)30-24-18-36-19-24)17-26(32(20)37(34,35)31-12-10-8-9-11-13-31)21-14-22(28(2,3)4)16-23(15-21)29(5,6)7;1-17-11-20(12-24(27-17)26(3,4)5)23-13-22(25(30)28-21-15-31-16-21)18(2)29(23)14-19-9-7-6-8-10-19/h11-14,19-20,25H,10,15-18H2,1-9H3,(H,31,34);13-16,19,24H,9-12,17-18H2,1-8H3,(H,30,33);14-17,24H,8-13,18-19H2,1-7H3,(H,30,33);11-13,19,21H,6-10,14-16H2,1-5H3,(H,28,30). The van der Waals surface area contributed by atoms with Gasteiger partial charge in [-0.15, -0.1) is 0 Å². The van der Waals surface area contributed by atoms with Crippen molar-refractivity contribution in [1.82, 2.24) is 55.7 Å². The van der Waals surface area contributed by atoms with Crippen LogP contribution in [0.15, 0.2) is 91.0 Å². The summed E-state index contributed by atoms with van der Waals surface area (Å²) in [4.78, 5) is 57.8. The molecule has 143 heavy (non-hydrogen) atoms. The quantitative estimate of drug-likeness (QED) is 0.0551. The lowest BCUT2D eigenvalue weighted by molar-refractivity contribution is -0.00348. The highest BCUT2D eigenvalue weighted by molar-refractivity contribution is 7.88. The number of carbonyl (C=O) groups is 4. The predicted octanol–water partition coefficient (Wildman–Crippen LogP) is 20.6. The molecule has 0 bridgehead atoms. The number of amides is 4. The van der Waals surface area contributed by atoms with Gasteiger partial charge in [-0.1, -0.05) is 216 Å². The maximum Gasteiger partial charge on any atom is 0.308 e. The second-order valence-corrected chi connectivity index (χ2v) is 54.9. The zero-order valence-corrected chi connectivity index (χ0v) is 93.8. The molecule has 8 fully saturated rings. The van der Waals surface area contributed by atoms with Crippen LogP contribution in [0.25, 0.3) is 45.0 Å². The maximum atomic E-state index is 14.3. The summed E-state index contributed by atoms with van der Waals surface area (Å²) in [5.74, 6) is 0.929. The first kappa shape index (κ1) is 112. The van der Waals surface area contributed by atoms with Gasteiger partial charge in [-0.05, 0) is 259 Å². The number of piperidine rings is 2. The Balaban J connectivity index is 0.000000160. The van der Waals surface area contributed by atoms with Gasteiger partial charge in [-0.3, -0.25) is 24.2 Å². The zero-order chi connectivity index (χ0) is 105. The minimum absolute atomic E-state index is 0.0104. The van der Waals surface area contributed by atoms with E-state index in [1.807, 2.05) is 0 Å². The highest BCUT2D eigenvalue weighted by Crippen LogP contribution is 2.44. The lowest BCUT2D eigenvalue weighted by Gasteiger charge is -2.35. The molecule has 12 heterocycles. The van der Waals surface area contributed by atoms with Crippen molar-refractivity contribution < 1.29 is 63.4 Å². The molecule has 26 nitrogen and oxygen atoms in total. The molecule has 4 N–H and O–H groups in total. The number of hydrogen-bond acceptors (Lipinski definition) is 15. The molecule has 1 aliphatic carbocycles. The number of rotatable bonds is 20. The van der Waals surface area contributed by atoms with Gasteiger partial charge in [0.05, 0.1) is 116 Å². The average Bonchev–Trinajstić information content (AvgIpc) is 1.61. The highest BCUT2D eigenvalue weighted by atomic mass is 32.2. The van der Waals surface area contributed by atoms with Crippen LogP contribution in [0.5, 0.6) is 0 Å². The monoisotopic (exact) mass is 2030 g/mol. The summed E-state index contributed by atoms with van der Waals surface area (Å²) in [6, 6.07) is 30.9. The largest absolute Gasteiger partial charge is 0.377 e. The summed E-state index contributed by atoms with van der Waals surface area (Å²) in [5, 5.41) is 12.1. The SMILES string of the molecule is Cc1c(C(=O)NC2COC2)cc(-c2cc(C(C)(C)C)cc(C(C)(C)C)c2)n1S(=O)(=O)N1CC(C)CC(C)C1.Cc1c(C(=O)NC2COC2)cc(-c2cc(C(C)(C)C)cc(C(C)(C)C)c2)n1S(=O)(=O)N1CCC(C)CC1.Cc1c(C(=O)NC2COC2)cc(-c2cc(C(C)(C)C)cc(C(C)(C)C)c2)n1S(=O)(=O)N1CCCCCC1.Cc1cc(-c2cc(C(=O)NC3COC3)c(C)n2CC2CCCCC2)cc(C(C)(C)C)n1. The van der Waals surface area contributed by atoms with Crippen molar-refractivity contribution in [3.05, 3.63) is 181 Å². The highest BCUT2D eigenvalue weighted by Gasteiger charge is 2.42. The number of hydrogen-bond donors (Lipinski definition) is 4. The van der Waals surface area contributed by atoms with Gasteiger partial charge in [0.2, 0.25) is 0 Å². The molecule has 0 spiro atoms. The van der Waals surface area contributed by atoms with E-state index in [2.05, 4.69) is 279 Å². The van der Waals surface area contributed by atoms with Crippen LogP contribution in [0.1, 0.15) is 352 Å². The molecule has 7 saturated heterocycles. The summed E-state index contributed by atoms with van der Waals surface area (Å²) in [5.41, 5.74) is 18.7. The van der Waals surface area contributed by atoms with Gasteiger partial charge in [0, 0.05) is 96.6 Å². The predicted molar refractivity (Wildman–Crippen MR) is 574 cm³/mol. The molecule has 0 radical (unpaired) electrons. The smallest absolute Gasteiger partial charge is 0.308 e. The Labute approximate surface area is 855 Å². The van der Waals surface area contributed by atoms with E-state index in [0.717, 1.165) is 135 Å². The van der Waals surface area contributed by atoms with Crippen molar-refractivity contribution in [2.24, 2.45) is 23.7 Å². The minimum Gasteiger partial charge on any atom is -0.377 e. The van der Waals surface area contributed by atoms with Crippen LogP contribution in [0.3, 0.4) is 0 Å². The molecule has 786 valence electrons. The molecule has 2 unspecified atom stereocenters. The van der Waals surface area contributed by atoms with E-state index < -0.39 is 30.6 Å². The Morgan fingerprint density at radius 1 is 0.322 bits per heavy atom. The van der Waals surface area contributed by atoms with Crippen LogP contribution in [0.2, 0.25) is 0 Å². The fourth-order valence-corrected chi connectivity index (χ4v) is 25.5. The molecule has 3 aromatic carbocycles. The van der Waals surface area contributed by atoms with E-state index >= 15 is 0 Å². The first-order valence-corrected chi connectivity index (χ1v) is 56.6. The van der Waals surface area contributed by atoms with Gasteiger partial charge in [0.1, 0.15) is 0 Å². The van der Waals surface area contributed by atoms with E-state index in [4.69, 9.17) is 23.9 Å². The molecule has 5 aromatic heterocycles. The van der Waals surface area contributed by atoms with Gasteiger partial charge in [-0.25, -0.2) is 11.9 Å². The molecule has 8 aromatic rings. The fraction of sp³-hybridized carbons (Fsp3) is 0.623. The number of pyridine rings is 1. The maximum absolute atomic E-state index is 14.3. The molecule has 16 rings (SSSR count). The number of nitrogens with zero attached hydrogens (tertiary/aromatic N) is 8. The Kier molecular flexibility index (Phi) is 34.1. The lowest BCUT2D eigenvalue weighted by Crippen LogP contribution is -2.48. The normalized spacial score (nSPS) is 19.3. The third-order valence-corrected chi connectivity index (χ3v) is 35.5. The van der Waals surface area contributed by atoms with Crippen LogP contribution < -0.4 is 21.3 Å². The van der Waals surface area contributed by atoms with E-state index in [-0.39, 0.29) is 97.5 Å². The molecular formula is C114H168N12O14S3. The summed E-state index contributed by atoms with van der Waals surface area (Å²) in [6.07, 6.45) is 13.0. The van der Waals surface area contributed by atoms with Crippen LogP contribution in [0, 0.1) is 58.3 Å². The van der Waals surface area contributed by atoms with Crippen LogP contribution in [0.4, 0.5) is 0 Å².